The molecule has 0 spiro atoms. The van der Waals surface area contributed by atoms with Gasteiger partial charge in [0.05, 0.1) is 42.2 Å². The van der Waals surface area contributed by atoms with Gasteiger partial charge in [-0.3, -0.25) is 0 Å². The molecule has 0 aliphatic carbocycles. The molecule has 0 saturated heterocycles. The van der Waals surface area contributed by atoms with Crippen LogP contribution < -0.4 is 4.74 Å². The minimum atomic E-state index is 0.261. The number of hydrogen-bond donors (Lipinski definition) is 0. The third-order valence-electron chi connectivity index (χ3n) is 5.08. The Balaban J connectivity index is 2.22. The van der Waals surface area contributed by atoms with E-state index in [1.54, 1.807) is 14.2 Å². The third kappa shape index (κ3) is 3.56. The Bertz CT molecular complexity index is 946. The van der Waals surface area contributed by atoms with Crippen LogP contribution in [0.15, 0.2) is 24.4 Å². The summed E-state index contributed by atoms with van der Waals surface area (Å²) in [6.07, 6.45) is 3.92. The molecule has 3 rings (SSSR count). The fraction of sp³-hybridized carbons (Fsp3) is 0.455. The van der Waals surface area contributed by atoms with Gasteiger partial charge in [-0.15, -0.1) is 0 Å². The van der Waals surface area contributed by atoms with Crippen LogP contribution in [0.5, 0.6) is 5.88 Å². The number of fused-ring (bicyclic) bond motifs is 1. The SMILES string of the molecule is CCc1cc2c(nc1-c1ccc(OC)nc1CC)c(C)cn2[C@@H](C)COC. The number of methoxy groups -OCH3 is 2. The molecule has 3 aromatic heterocycles. The first-order chi connectivity index (χ1) is 13.0. The predicted octanol–water partition coefficient (Wildman–Crippen LogP) is 4.75. The second-order valence-corrected chi connectivity index (χ2v) is 6.94. The highest BCUT2D eigenvalue weighted by Gasteiger charge is 2.18. The molecule has 0 bridgehead atoms. The molecule has 3 heterocycles. The Morgan fingerprint density at radius 1 is 1.11 bits per heavy atom. The smallest absolute Gasteiger partial charge is 0.213 e. The Hall–Kier alpha value is -2.40. The number of aryl methyl sites for hydroxylation is 3. The van der Waals surface area contributed by atoms with Crippen LogP contribution in [0.25, 0.3) is 22.3 Å². The normalized spacial score (nSPS) is 12.5. The molecule has 0 unspecified atom stereocenters. The standard InChI is InChI=1S/C22H29N3O2/c1-7-16-11-19-21(14(3)12-25(19)15(4)13-26-5)24-22(16)17-9-10-20(27-6)23-18(17)8-2/h9-12,15H,7-8,13H2,1-6H3/t15-/m0/s1. The molecule has 0 aliphatic rings. The summed E-state index contributed by atoms with van der Waals surface area (Å²) in [5.74, 6) is 0.644. The van der Waals surface area contributed by atoms with Crippen LogP contribution in [0.4, 0.5) is 0 Å². The van der Waals surface area contributed by atoms with E-state index < -0.39 is 0 Å². The van der Waals surface area contributed by atoms with Crippen LogP contribution in [0.1, 0.15) is 43.6 Å². The zero-order chi connectivity index (χ0) is 19.6. The maximum Gasteiger partial charge on any atom is 0.213 e. The van der Waals surface area contributed by atoms with Gasteiger partial charge in [0.15, 0.2) is 0 Å². The van der Waals surface area contributed by atoms with E-state index in [0.717, 1.165) is 40.8 Å². The van der Waals surface area contributed by atoms with Gasteiger partial charge >= 0.3 is 0 Å². The quantitative estimate of drug-likeness (QED) is 0.605. The van der Waals surface area contributed by atoms with Gasteiger partial charge in [-0.05, 0) is 49.9 Å². The van der Waals surface area contributed by atoms with Crippen LogP contribution in [0, 0.1) is 6.92 Å². The summed E-state index contributed by atoms with van der Waals surface area (Å²) in [5, 5.41) is 0. The van der Waals surface area contributed by atoms with Crippen molar-refractivity contribution in [1.82, 2.24) is 14.5 Å². The van der Waals surface area contributed by atoms with Gasteiger partial charge in [-0.1, -0.05) is 13.8 Å². The van der Waals surface area contributed by atoms with Crippen molar-refractivity contribution in [1.29, 1.82) is 0 Å². The second-order valence-electron chi connectivity index (χ2n) is 6.94. The summed E-state index contributed by atoms with van der Waals surface area (Å²) in [5.41, 5.74) is 7.75. The predicted molar refractivity (Wildman–Crippen MR) is 110 cm³/mol. The van der Waals surface area contributed by atoms with Gasteiger partial charge in [-0.25, -0.2) is 9.97 Å². The maximum atomic E-state index is 5.36. The Labute approximate surface area is 161 Å². The van der Waals surface area contributed by atoms with Crippen molar-refractivity contribution in [3.05, 3.63) is 41.2 Å². The summed E-state index contributed by atoms with van der Waals surface area (Å²) < 4.78 is 12.9. The Kier molecular flexibility index (Phi) is 5.80. The molecule has 5 heteroatoms. The van der Waals surface area contributed by atoms with Crippen molar-refractivity contribution in [3.8, 4) is 17.1 Å². The molecule has 0 aromatic carbocycles. The second kappa shape index (κ2) is 8.09. The Morgan fingerprint density at radius 3 is 2.52 bits per heavy atom. The Morgan fingerprint density at radius 2 is 1.89 bits per heavy atom. The summed E-state index contributed by atoms with van der Waals surface area (Å²) >= 11 is 0. The summed E-state index contributed by atoms with van der Waals surface area (Å²) in [4.78, 5) is 9.74. The van der Waals surface area contributed by atoms with Gasteiger partial charge in [0.25, 0.3) is 0 Å². The fourth-order valence-electron chi connectivity index (χ4n) is 3.64. The lowest BCUT2D eigenvalue weighted by atomic mass is 10.0. The molecule has 144 valence electrons. The average Bonchev–Trinajstić information content (AvgIpc) is 3.02. The number of nitrogens with zero attached hydrogens (tertiary/aromatic N) is 3. The first-order valence-electron chi connectivity index (χ1n) is 9.58. The molecule has 5 nitrogen and oxygen atoms in total. The highest BCUT2D eigenvalue weighted by molar-refractivity contribution is 5.84. The van der Waals surface area contributed by atoms with E-state index in [0.29, 0.717) is 12.5 Å². The minimum absolute atomic E-state index is 0.261. The first-order valence-corrected chi connectivity index (χ1v) is 9.58. The van der Waals surface area contributed by atoms with Gasteiger partial charge < -0.3 is 14.0 Å². The molecule has 0 saturated carbocycles. The van der Waals surface area contributed by atoms with E-state index in [9.17, 15) is 0 Å². The zero-order valence-corrected chi connectivity index (χ0v) is 17.2. The van der Waals surface area contributed by atoms with Crippen molar-refractivity contribution in [2.75, 3.05) is 20.8 Å². The molecular weight excluding hydrogens is 338 g/mol. The summed E-state index contributed by atoms with van der Waals surface area (Å²) in [7, 11) is 3.39. The lowest BCUT2D eigenvalue weighted by Gasteiger charge is -2.16. The summed E-state index contributed by atoms with van der Waals surface area (Å²) in [6.45, 7) is 9.25. The van der Waals surface area contributed by atoms with Gasteiger partial charge in [-0.2, -0.15) is 0 Å². The molecular formula is C22H29N3O2. The monoisotopic (exact) mass is 367 g/mol. The largest absolute Gasteiger partial charge is 0.481 e. The zero-order valence-electron chi connectivity index (χ0n) is 17.2. The minimum Gasteiger partial charge on any atom is -0.481 e. The van der Waals surface area contributed by atoms with E-state index in [-0.39, 0.29) is 6.04 Å². The molecule has 0 radical (unpaired) electrons. The molecule has 0 fully saturated rings. The van der Waals surface area contributed by atoms with Crippen molar-refractivity contribution in [2.45, 2.75) is 46.6 Å². The lowest BCUT2D eigenvalue weighted by molar-refractivity contribution is 0.164. The van der Waals surface area contributed by atoms with E-state index in [2.05, 4.69) is 55.6 Å². The number of rotatable bonds is 7. The molecule has 3 aromatic rings. The number of pyridine rings is 2. The van der Waals surface area contributed by atoms with E-state index in [4.69, 9.17) is 14.5 Å². The van der Waals surface area contributed by atoms with E-state index in [1.807, 2.05) is 6.07 Å². The topological polar surface area (TPSA) is 49.2 Å². The molecule has 0 N–H and O–H groups in total. The van der Waals surface area contributed by atoms with Crippen molar-refractivity contribution in [3.63, 3.8) is 0 Å². The van der Waals surface area contributed by atoms with Gasteiger partial charge in [0.1, 0.15) is 0 Å². The highest BCUT2D eigenvalue weighted by atomic mass is 16.5. The number of ether oxygens (including phenoxy) is 2. The fourth-order valence-corrected chi connectivity index (χ4v) is 3.64. The summed E-state index contributed by atoms with van der Waals surface area (Å²) in [6, 6.07) is 6.54. The van der Waals surface area contributed by atoms with Crippen LogP contribution in [-0.4, -0.2) is 35.4 Å². The number of hydrogen-bond acceptors (Lipinski definition) is 4. The lowest BCUT2D eigenvalue weighted by Crippen LogP contribution is -2.10. The average molecular weight is 367 g/mol. The molecule has 1 atom stereocenters. The third-order valence-corrected chi connectivity index (χ3v) is 5.08. The molecule has 27 heavy (non-hydrogen) atoms. The van der Waals surface area contributed by atoms with Crippen molar-refractivity contribution in [2.24, 2.45) is 0 Å². The van der Waals surface area contributed by atoms with Crippen LogP contribution in [-0.2, 0) is 17.6 Å². The van der Waals surface area contributed by atoms with Crippen LogP contribution in [0.2, 0.25) is 0 Å². The molecule has 0 aliphatic heterocycles. The van der Waals surface area contributed by atoms with Gasteiger partial charge in [0, 0.05) is 24.9 Å². The van der Waals surface area contributed by atoms with Crippen molar-refractivity contribution >= 4 is 11.0 Å². The van der Waals surface area contributed by atoms with Crippen LogP contribution >= 0.6 is 0 Å². The van der Waals surface area contributed by atoms with Crippen LogP contribution in [0.3, 0.4) is 0 Å². The van der Waals surface area contributed by atoms with Crippen molar-refractivity contribution < 1.29 is 9.47 Å². The maximum absolute atomic E-state index is 5.36. The first kappa shape index (κ1) is 19.4. The van der Waals surface area contributed by atoms with E-state index >= 15 is 0 Å². The van der Waals surface area contributed by atoms with Gasteiger partial charge in [0.2, 0.25) is 5.88 Å². The highest BCUT2D eigenvalue weighted by Crippen LogP contribution is 2.32. The number of aromatic nitrogens is 3. The van der Waals surface area contributed by atoms with E-state index in [1.165, 1.54) is 11.1 Å². The molecule has 0 amide bonds.